The molecule has 1 aromatic rings. The molecule has 0 heterocycles. The molecule has 0 radical (unpaired) electrons. The molecular weight excluding hydrogens is 262 g/mol. The SMILES string of the molecule is CCCCN(C)C(=O)c1ccc(F)c(C(F)(F)F)c1. The lowest BCUT2D eigenvalue weighted by Crippen LogP contribution is -2.28. The van der Waals surface area contributed by atoms with Gasteiger partial charge in [-0.2, -0.15) is 13.2 Å². The Bertz CT molecular complexity index is 456. The molecule has 0 bridgehead atoms. The van der Waals surface area contributed by atoms with E-state index in [1.54, 1.807) is 0 Å². The highest BCUT2D eigenvalue weighted by atomic mass is 19.4. The Kier molecular flexibility index (Phi) is 4.91. The summed E-state index contributed by atoms with van der Waals surface area (Å²) in [4.78, 5) is 13.2. The molecule has 0 spiro atoms. The highest BCUT2D eigenvalue weighted by Crippen LogP contribution is 2.32. The lowest BCUT2D eigenvalue weighted by molar-refractivity contribution is -0.140. The molecule has 0 unspecified atom stereocenters. The molecule has 1 rings (SSSR count). The van der Waals surface area contributed by atoms with E-state index in [2.05, 4.69) is 0 Å². The van der Waals surface area contributed by atoms with Crippen LogP contribution in [-0.2, 0) is 6.18 Å². The summed E-state index contributed by atoms with van der Waals surface area (Å²) in [6, 6.07) is 2.29. The fourth-order valence-electron chi connectivity index (χ4n) is 1.59. The summed E-state index contributed by atoms with van der Waals surface area (Å²) in [5.74, 6) is -1.92. The number of unbranched alkanes of at least 4 members (excludes halogenated alkanes) is 1. The number of nitrogens with zero attached hydrogens (tertiary/aromatic N) is 1. The van der Waals surface area contributed by atoms with Crippen molar-refractivity contribution in [2.45, 2.75) is 25.9 Å². The van der Waals surface area contributed by atoms with Crippen LogP contribution in [0.3, 0.4) is 0 Å². The molecule has 0 aliphatic carbocycles. The largest absolute Gasteiger partial charge is 0.419 e. The third-order valence-electron chi connectivity index (χ3n) is 2.71. The van der Waals surface area contributed by atoms with Crippen molar-refractivity contribution in [1.82, 2.24) is 4.90 Å². The Morgan fingerprint density at radius 2 is 1.95 bits per heavy atom. The van der Waals surface area contributed by atoms with Crippen LogP contribution in [0.5, 0.6) is 0 Å². The Balaban J connectivity index is 2.99. The number of carbonyl (C=O) groups is 1. The van der Waals surface area contributed by atoms with Gasteiger partial charge in [0.05, 0.1) is 5.56 Å². The Morgan fingerprint density at radius 1 is 1.32 bits per heavy atom. The fraction of sp³-hybridized carbons (Fsp3) is 0.462. The molecule has 2 nitrogen and oxygen atoms in total. The first-order chi connectivity index (χ1) is 8.77. The molecule has 0 aromatic heterocycles. The van der Waals surface area contributed by atoms with Crippen LogP contribution in [-0.4, -0.2) is 24.4 Å². The molecule has 0 saturated carbocycles. The summed E-state index contributed by atoms with van der Waals surface area (Å²) in [7, 11) is 1.51. The predicted molar refractivity (Wildman–Crippen MR) is 63.3 cm³/mol. The molecule has 0 aliphatic rings. The van der Waals surface area contributed by atoms with Gasteiger partial charge in [0, 0.05) is 19.2 Å². The molecule has 0 aliphatic heterocycles. The second kappa shape index (κ2) is 6.04. The number of carbonyl (C=O) groups excluding carboxylic acids is 1. The standard InChI is InChI=1S/C13H15F4NO/c1-3-4-7-18(2)12(19)9-5-6-11(14)10(8-9)13(15,16)17/h5-6,8H,3-4,7H2,1-2H3. The highest BCUT2D eigenvalue weighted by molar-refractivity contribution is 5.94. The summed E-state index contributed by atoms with van der Waals surface area (Å²) in [6.45, 7) is 2.39. The highest BCUT2D eigenvalue weighted by Gasteiger charge is 2.34. The summed E-state index contributed by atoms with van der Waals surface area (Å²) >= 11 is 0. The van der Waals surface area contributed by atoms with Gasteiger partial charge in [0.1, 0.15) is 5.82 Å². The third kappa shape index (κ3) is 3.94. The maximum absolute atomic E-state index is 13.1. The minimum absolute atomic E-state index is 0.160. The van der Waals surface area contributed by atoms with Gasteiger partial charge in [-0.25, -0.2) is 4.39 Å². The minimum atomic E-state index is -4.80. The zero-order valence-corrected chi connectivity index (χ0v) is 10.7. The summed E-state index contributed by atoms with van der Waals surface area (Å²) in [6.07, 6.45) is -3.17. The molecule has 0 atom stereocenters. The molecule has 1 amide bonds. The van der Waals surface area contributed by atoms with Gasteiger partial charge in [-0.3, -0.25) is 4.79 Å². The van der Waals surface area contributed by atoms with Gasteiger partial charge < -0.3 is 4.90 Å². The van der Waals surface area contributed by atoms with E-state index in [0.717, 1.165) is 18.9 Å². The van der Waals surface area contributed by atoms with Crippen molar-refractivity contribution in [3.63, 3.8) is 0 Å². The van der Waals surface area contributed by atoms with Crippen molar-refractivity contribution < 1.29 is 22.4 Å². The van der Waals surface area contributed by atoms with Crippen LogP contribution in [0.4, 0.5) is 17.6 Å². The lowest BCUT2D eigenvalue weighted by atomic mass is 10.1. The Morgan fingerprint density at radius 3 is 2.47 bits per heavy atom. The first-order valence-corrected chi connectivity index (χ1v) is 5.89. The van der Waals surface area contributed by atoms with Crippen molar-refractivity contribution in [2.75, 3.05) is 13.6 Å². The summed E-state index contributed by atoms with van der Waals surface area (Å²) in [5, 5.41) is 0. The number of hydrogen-bond donors (Lipinski definition) is 0. The number of amides is 1. The smallest absolute Gasteiger partial charge is 0.342 e. The van der Waals surface area contributed by atoms with Crippen LogP contribution in [0.1, 0.15) is 35.7 Å². The zero-order chi connectivity index (χ0) is 14.6. The molecule has 0 saturated heterocycles. The van der Waals surface area contributed by atoms with Crippen LogP contribution >= 0.6 is 0 Å². The number of benzene rings is 1. The van der Waals surface area contributed by atoms with E-state index in [4.69, 9.17) is 0 Å². The van der Waals surface area contributed by atoms with Crippen molar-refractivity contribution in [2.24, 2.45) is 0 Å². The maximum Gasteiger partial charge on any atom is 0.419 e. The maximum atomic E-state index is 13.1. The molecule has 6 heteroatoms. The average Bonchev–Trinajstić information content (AvgIpc) is 2.34. The quantitative estimate of drug-likeness (QED) is 0.768. The van der Waals surface area contributed by atoms with E-state index in [9.17, 15) is 22.4 Å². The first kappa shape index (κ1) is 15.5. The van der Waals surface area contributed by atoms with E-state index in [-0.39, 0.29) is 5.56 Å². The molecular formula is C13H15F4NO. The van der Waals surface area contributed by atoms with Crippen molar-refractivity contribution in [1.29, 1.82) is 0 Å². The van der Waals surface area contributed by atoms with Gasteiger partial charge in [0.2, 0.25) is 0 Å². The molecule has 0 fully saturated rings. The van der Waals surface area contributed by atoms with E-state index in [1.807, 2.05) is 6.92 Å². The van der Waals surface area contributed by atoms with Gasteiger partial charge >= 0.3 is 6.18 Å². The van der Waals surface area contributed by atoms with Crippen LogP contribution in [0.15, 0.2) is 18.2 Å². The van der Waals surface area contributed by atoms with Gasteiger partial charge in [-0.15, -0.1) is 0 Å². The van der Waals surface area contributed by atoms with Crippen molar-refractivity contribution in [3.8, 4) is 0 Å². The monoisotopic (exact) mass is 277 g/mol. The minimum Gasteiger partial charge on any atom is -0.342 e. The Labute approximate surface area is 109 Å². The summed E-state index contributed by atoms with van der Waals surface area (Å²) in [5.41, 5.74) is -1.57. The van der Waals surface area contributed by atoms with Gasteiger partial charge in [-0.1, -0.05) is 13.3 Å². The topological polar surface area (TPSA) is 20.3 Å². The van der Waals surface area contributed by atoms with E-state index in [0.29, 0.717) is 18.7 Å². The van der Waals surface area contributed by atoms with Crippen LogP contribution in [0.2, 0.25) is 0 Å². The molecule has 0 N–H and O–H groups in total. The first-order valence-electron chi connectivity index (χ1n) is 5.89. The molecule has 1 aromatic carbocycles. The number of alkyl halides is 3. The average molecular weight is 277 g/mol. The van der Waals surface area contributed by atoms with E-state index < -0.39 is 23.5 Å². The molecule has 19 heavy (non-hydrogen) atoms. The van der Waals surface area contributed by atoms with Crippen molar-refractivity contribution in [3.05, 3.63) is 35.1 Å². The second-order valence-corrected chi connectivity index (χ2v) is 4.27. The van der Waals surface area contributed by atoms with Crippen LogP contribution in [0, 0.1) is 5.82 Å². The van der Waals surface area contributed by atoms with Crippen LogP contribution < -0.4 is 0 Å². The van der Waals surface area contributed by atoms with Gasteiger partial charge in [0.25, 0.3) is 5.91 Å². The third-order valence-corrected chi connectivity index (χ3v) is 2.71. The van der Waals surface area contributed by atoms with Crippen LogP contribution in [0.25, 0.3) is 0 Å². The zero-order valence-electron chi connectivity index (χ0n) is 10.7. The van der Waals surface area contributed by atoms with Gasteiger partial charge in [-0.05, 0) is 24.6 Å². The number of hydrogen-bond acceptors (Lipinski definition) is 1. The van der Waals surface area contributed by atoms with Crippen molar-refractivity contribution >= 4 is 5.91 Å². The van der Waals surface area contributed by atoms with Gasteiger partial charge in [0.15, 0.2) is 0 Å². The number of halogens is 4. The second-order valence-electron chi connectivity index (χ2n) is 4.27. The fourth-order valence-corrected chi connectivity index (χ4v) is 1.59. The predicted octanol–water partition coefficient (Wildman–Crippen LogP) is 3.72. The number of rotatable bonds is 4. The van der Waals surface area contributed by atoms with E-state index in [1.165, 1.54) is 11.9 Å². The normalized spacial score (nSPS) is 11.5. The van der Waals surface area contributed by atoms with E-state index >= 15 is 0 Å². The lowest BCUT2D eigenvalue weighted by Gasteiger charge is -2.17. The molecule has 106 valence electrons. The Hall–Kier alpha value is -1.59. The summed E-state index contributed by atoms with van der Waals surface area (Å²) < 4.78 is 50.7.